The van der Waals surface area contributed by atoms with Crippen LogP contribution in [0.3, 0.4) is 0 Å². The molecule has 1 heterocycles. The lowest BCUT2D eigenvalue weighted by molar-refractivity contribution is 0.162. The highest BCUT2D eigenvalue weighted by atomic mass is 32.1. The highest BCUT2D eigenvalue weighted by Gasteiger charge is 2.26. The quantitative estimate of drug-likeness (QED) is 0.849. The SMILES string of the molecule is Cc1ccc(C(C(N)=S)N2CCCC(C)C2)cc1. The summed E-state index contributed by atoms with van der Waals surface area (Å²) in [5.41, 5.74) is 8.47. The topological polar surface area (TPSA) is 29.3 Å². The summed E-state index contributed by atoms with van der Waals surface area (Å²) in [6.45, 7) is 6.59. The van der Waals surface area contributed by atoms with Crippen LogP contribution in [0.25, 0.3) is 0 Å². The van der Waals surface area contributed by atoms with Gasteiger partial charge in [-0.25, -0.2) is 0 Å². The normalized spacial score (nSPS) is 22.7. The van der Waals surface area contributed by atoms with Crippen LogP contribution in [0.5, 0.6) is 0 Å². The summed E-state index contributed by atoms with van der Waals surface area (Å²) >= 11 is 5.29. The molecule has 98 valence electrons. The number of hydrogen-bond acceptors (Lipinski definition) is 2. The summed E-state index contributed by atoms with van der Waals surface area (Å²) in [5, 5.41) is 0. The molecule has 1 aromatic rings. The summed E-state index contributed by atoms with van der Waals surface area (Å²) in [7, 11) is 0. The van der Waals surface area contributed by atoms with Gasteiger partial charge in [0.1, 0.15) is 0 Å². The molecule has 0 aliphatic carbocycles. The molecule has 0 spiro atoms. The van der Waals surface area contributed by atoms with Crippen molar-refractivity contribution in [2.24, 2.45) is 11.7 Å². The summed E-state index contributed by atoms with van der Waals surface area (Å²) in [5.74, 6) is 0.737. The van der Waals surface area contributed by atoms with E-state index in [2.05, 4.69) is 43.0 Å². The molecule has 18 heavy (non-hydrogen) atoms. The molecule has 0 aromatic heterocycles. The average molecular weight is 262 g/mol. The lowest BCUT2D eigenvalue weighted by Crippen LogP contribution is -2.42. The van der Waals surface area contributed by atoms with Crippen molar-refractivity contribution in [1.29, 1.82) is 0 Å². The van der Waals surface area contributed by atoms with Crippen molar-refractivity contribution in [3.63, 3.8) is 0 Å². The molecule has 2 unspecified atom stereocenters. The molecule has 2 nitrogen and oxygen atoms in total. The lowest BCUT2D eigenvalue weighted by atomic mass is 9.96. The van der Waals surface area contributed by atoms with Gasteiger partial charge in [-0.3, -0.25) is 4.90 Å². The zero-order valence-corrected chi connectivity index (χ0v) is 12.0. The van der Waals surface area contributed by atoms with E-state index in [4.69, 9.17) is 18.0 Å². The number of benzene rings is 1. The zero-order chi connectivity index (χ0) is 13.1. The molecule has 0 bridgehead atoms. The Labute approximate surface area is 115 Å². The van der Waals surface area contributed by atoms with Crippen LogP contribution in [-0.2, 0) is 0 Å². The fourth-order valence-corrected chi connectivity index (χ4v) is 3.05. The predicted octanol–water partition coefficient (Wildman–Crippen LogP) is 3.05. The van der Waals surface area contributed by atoms with Crippen molar-refractivity contribution < 1.29 is 0 Å². The third kappa shape index (κ3) is 3.09. The van der Waals surface area contributed by atoms with Crippen molar-refractivity contribution >= 4 is 17.2 Å². The number of hydrogen-bond donors (Lipinski definition) is 1. The van der Waals surface area contributed by atoms with Gasteiger partial charge in [0.2, 0.25) is 0 Å². The van der Waals surface area contributed by atoms with Gasteiger partial charge in [0, 0.05) is 6.54 Å². The maximum atomic E-state index is 5.97. The predicted molar refractivity (Wildman–Crippen MR) is 80.7 cm³/mol. The van der Waals surface area contributed by atoms with Gasteiger partial charge in [-0.2, -0.15) is 0 Å². The van der Waals surface area contributed by atoms with Crippen LogP contribution in [0.15, 0.2) is 24.3 Å². The molecular formula is C15H22N2S. The van der Waals surface area contributed by atoms with E-state index in [9.17, 15) is 0 Å². The van der Waals surface area contributed by atoms with Crippen LogP contribution in [0.1, 0.15) is 36.9 Å². The zero-order valence-electron chi connectivity index (χ0n) is 11.2. The largest absolute Gasteiger partial charge is 0.392 e. The minimum absolute atomic E-state index is 0.100. The fraction of sp³-hybridized carbons (Fsp3) is 0.533. The number of thiocarbonyl (C=S) groups is 1. The second kappa shape index (κ2) is 5.81. The average Bonchev–Trinajstić information content (AvgIpc) is 2.32. The van der Waals surface area contributed by atoms with Gasteiger partial charge in [-0.1, -0.05) is 49.0 Å². The Morgan fingerprint density at radius 3 is 2.61 bits per heavy atom. The highest BCUT2D eigenvalue weighted by molar-refractivity contribution is 7.80. The first-order valence-electron chi connectivity index (χ1n) is 6.68. The van der Waals surface area contributed by atoms with E-state index >= 15 is 0 Å². The summed E-state index contributed by atoms with van der Waals surface area (Å²) in [6.07, 6.45) is 2.56. The van der Waals surface area contributed by atoms with E-state index in [0.717, 1.165) is 19.0 Å². The standard InChI is InChI=1S/C15H22N2S/c1-11-5-7-13(8-6-11)14(15(16)18)17-9-3-4-12(2)10-17/h5-8,12,14H,3-4,9-10H2,1-2H3,(H2,16,18). The van der Waals surface area contributed by atoms with Gasteiger partial charge in [-0.15, -0.1) is 0 Å². The third-order valence-corrected chi connectivity index (χ3v) is 3.94. The number of nitrogens with zero attached hydrogens (tertiary/aromatic N) is 1. The summed E-state index contributed by atoms with van der Waals surface area (Å²) < 4.78 is 0. The van der Waals surface area contributed by atoms with Gasteiger partial charge in [-0.05, 0) is 37.8 Å². The lowest BCUT2D eigenvalue weighted by Gasteiger charge is -2.37. The maximum Gasteiger partial charge on any atom is 0.0948 e. The van der Waals surface area contributed by atoms with E-state index < -0.39 is 0 Å². The molecule has 3 heteroatoms. The smallest absolute Gasteiger partial charge is 0.0948 e. The van der Waals surface area contributed by atoms with Gasteiger partial charge in [0.05, 0.1) is 11.0 Å². The summed E-state index contributed by atoms with van der Waals surface area (Å²) in [4.78, 5) is 3.02. The van der Waals surface area contributed by atoms with Crippen molar-refractivity contribution in [3.05, 3.63) is 35.4 Å². The first-order chi connectivity index (χ1) is 8.58. The maximum absolute atomic E-state index is 5.97. The second-order valence-electron chi connectivity index (χ2n) is 5.46. The number of nitrogens with two attached hydrogens (primary N) is 1. The van der Waals surface area contributed by atoms with Crippen LogP contribution in [0.2, 0.25) is 0 Å². The number of aryl methyl sites for hydroxylation is 1. The summed E-state index contributed by atoms with van der Waals surface area (Å²) in [6, 6.07) is 8.67. The third-order valence-electron chi connectivity index (χ3n) is 3.72. The van der Waals surface area contributed by atoms with E-state index in [-0.39, 0.29) is 6.04 Å². The van der Waals surface area contributed by atoms with E-state index in [1.165, 1.54) is 24.0 Å². The Morgan fingerprint density at radius 1 is 1.39 bits per heavy atom. The molecule has 1 fully saturated rings. The molecule has 0 saturated carbocycles. The first kappa shape index (κ1) is 13.5. The van der Waals surface area contributed by atoms with Crippen molar-refractivity contribution in [3.8, 4) is 0 Å². The minimum Gasteiger partial charge on any atom is -0.392 e. The van der Waals surface area contributed by atoms with Gasteiger partial charge >= 0.3 is 0 Å². The Hall–Kier alpha value is -0.930. The fourth-order valence-electron chi connectivity index (χ4n) is 2.76. The molecule has 0 amide bonds. The minimum atomic E-state index is 0.100. The van der Waals surface area contributed by atoms with Gasteiger partial charge in [0.25, 0.3) is 0 Å². The molecule has 2 N–H and O–H groups in total. The van der Waals surface area contributed by atoms with Crippen molar-refractivity contribution in [2.45, 2.75) is 32.7 Å². The van der Waals surface area contributed by atoms with Crippen LogP contribution in [0.4, 0.5) is 0 Å². The van der Waals surface area contributed by atoms with Crippen molar-refractivity contribution in [1.82, 2.24) is 4.90 Å². The Balaban J connectivity index is 2.22. The van der Waals surface area contributed by atoms with E-state index in [1.54, 1.807) is 0 Å². The number of piperidine rings is 1. The molecule has 0 radical (unpaired) electrons. The van der Waals surface area contributed by atoms with Crippen LogP contribution < -0.4 is 5.73 Å². The van der Waals surface area contributed by atoms with Gasteiger partial charge in [0.15, 0.2) is 0 Å². The van der Waals surface area contributed by atoms with Crippen LogP contribution in [-0.4, -0.2) is 23.0 Å². The Kier molecular flexibility index (Phi) is 4.36. The van der Waals surface area contributed by atoms with Crippen LogP contribution >= 0.6 is 12.2 Å². The van der Waals surface area contributed by atoms with Crippen LogP contribution in [0, 0.1) is 12.8 Å². The monoisotopic (exact) mass is 262 g/mol. The number of rotatable bonds is 3. The Morgan fingerprint density at radius 2 is 2.06 bits per heavy atom. The molecule has 1 aromatic carbocycles. The van der Waals surface area contributed by atoms with Crippen molar-refractivity contribution in [2.75, 3.05) is 13.1 Å². The van der Waals surface area contributed by atoms with E-state index in [1.807, 2.05) is 0 Å². The molecule has 2 rings (SSSR count). The number of likely N-dealkylation sites (tertiary alicyclic amines) is 1. The molecular weight excluding hydrogens is 240 g/mol. The van der Waals surface area contributed by atoms with Gasteiger partial charge < -0.3 is 5.73 Å². The molecule has 1 aliphatic heterocycles. The molecule has 1 saturated heterocycles. The molecule has 2 atom stereocenters. The first-order valence-corrected chi connectivity index (χ1v) is 7.08. The second-order valence-corrected chi connectivity index (χ2v) is 5.93. The highest BCUT2D eigenvalue weighted by Crippen LogP contribution is 2.27. The molecule has 1 aliphatic rings. The van der Waals surface area contributed by atoms with E-state index in [0.29, 0.717) is 4.99 Å². The Bertz CT molecular complexity index is 413.